The highest BCUT2D eigenvalue weighted by molar-refractivity contribution is 5.92. The van der Waals surface area contributed by atoms with Gasteiger partial charge in [0, 0.05) is 12.1 Å². The molecule has 8 nitrogen and oxygen atoms in total. The molecule has 8 heteroatoms. The first-order valence-corrected chi connectivity index (χ1v) is 14.5. The van der Waals surface area contributed by atoms with Gasteiger partial charge in [-0.2, -0.15) is 0 Å². The molecule has 0 saturated heterocycles. The van der Waals surface area contributed by atoms with Crippen molar-refractivity contribution < 1.29 is 24.2 Å². The van der Waals surface area contributed by atoms with Crippen LogP contribution in [0.1, 0.15) is 109 Å². The summed E-state index contributed by atoms with van der Waals surface area (Å²) in [6.07, 6.45) is 5.88. The Morgan fingerprint density at radius 3 is 2.26 bits per heavy atom. The summed E-state index contributed by atoms with van der Waals surface area (Å²) >= 11 is 0. The number of alkyl carbamates (subject to hydrolysis) is 1. The number of ether oxygens (including phenoxy) is 1. The van der Waals surface area contributed by atoms with Gasteiger partial charge in [0.1, 0.15) is 17.7 Å². The lowest BCUT2D eigenvalue weighted by atomic mass is 9.92. The van der Waals surface area contributed by atoms with Gasteiger partial charge in [0.05, 0.1) is 6.61 Å². The van der Waals surface area contributed by atoms with Gasteiger partial charge in [0.2, 0.25) is 11.8 Å². The third kappa shape index (κ3) is 10.1. The minimum absolute atomic E-state index is 0.0651. The van der Waals surface area contributed by atoms with Gasteiger partial charge in [0.25, 0.3) is 0 Å². The molecular weight excluding hydrogens is 494 g/mol. The Kier molecular flexibility index (Phi) is 12.3. The predicted molar refractivity (Wildman–Crippen MR) is 154 cm³/mol. The van der Waals surface area contributed by atoms with Crippen molar-refractivity contribution in [1.29, 1.82) is 0 Å². The number of hydrogen-bond acceptors (Lipinski definition) is 5. The highest BCUT2D eigenvalue weighted by Crippen LogP contribution is 2.31. The molecule has 2 rings (SSSR count). The fourth-order valence-corrected chi connectivity index (χ4v) is 5.13. The standard InChI is InChI=1S/C31H51N3O5/c1-20(2)14-17-23(5)34(29(37)26(19-35)33-30(38)39-31(6,7)8)27(25-18-21(3)15-16-22(25)4)28(36)32-24-12-10-9-11-13-24/h15-16,18,20,23-24,26-27,35H,9-14,17,19H2,1-8H3,(H,32,36)(H,33,38). The Hall–Kier alpha value is -2.61. The van der Waals surface area contributed by atoms with E-state index in [0.29, 0.717) is 12.3 Å². The first-order chi connectivity index (χ1) is 18.2. The van der Waals surface area contributed by atoms with Gasteiger partial charge < -0.3 is 25.4 Å². The second-order valence-electron chi connectivity index (χ2n) is 12.6. The van der Waals surface area contributed by atoms with Crippen molar-refractivity contribution in [3.05, 3.63) is 34.9 Å². The average Bonchev–Trinajstić information content (AvgIpc) is 2.85. The molecular formula is C31H51N3O5. The summed E-state index contributed by atoms with van der Waals surface area (Å²) in [6, 6.07) is 3.50. The van der Waals surface area contributed by atoms with Crippen molar-refractivity contribution in [1.82, 2.24) is 15.5 Å². The van der Waals surface area contributed by atoms with Crippen molar-refractivity contribution in [3.63, 3.8) is 0 Å². The smallest absolute Gasteiger partial charge is 0.408 e. The van der Waals surface area contributed by atoms with Crippen molar-refractivity contribution >= 4 is 17.9 Å². The van der Waals surface area contributed by atoms with Crippen molar-refractivity contribution in [3.8, 4) is 0 Å². The van der Waals surface area contributed by atoms with Crippen LogP contribution < -0.4 is 10.6 Å². The number of carbonyl (C=O) groups excluding carboxylic acids is 3. The number of nitrogens with zero attached hydrogens (tertiary/aromatic N) is 1. The molecule has 0 aromatic heterocycles. The molecule has 1 aliphatic carbocycles. The second kappa shape index (κ2) is 14.7. The number of aliphatic hydroxyl groups is 1. The van der Waals surface area contributed by atoms with E-state index in [1.165, 1.54) is 0 Å². The third-order valence-corrected chi connectivity index (χ3v) is 7.27. The lowest BCUT2D eigenvalue weighted by Gasteiger charge is -2.40. The van der Waals surface area contributed by atoms with Crippen LogP contribution in [0, 0.1) is 19.8 Å². The lowest BCUT2D eigenvalue weighted by molar-refractivity contribution is -0.146. The van der Waals surface area contributed by atoms with Crippen LogP contribution in [-0.4, -0.2) is 58.2 Å². The van der Waals surface area contributed by atoms with Gasteiger partial charge in [-0.3, -0.25) is 9.59 Å². The van der Waals surface area contributed by atoms with Crippen LogP contribution in [0.4, 0.5) is 4.79 Å². The topological polar surface area (TPSA) is 108 Å². The summed E-state index contributed by atoms with van der Waals surface area (Å²) in [7, 11) is 0. The maximum Gasteiger partial charge on any atom is 0.408 e. The summed E-state index contributed by atoms with van der Waals surface area (Å²) in [5.74, 6) is -0.327. The molecule has 0 aliphatic heterocycles. The SMILES string of the molecule is Cc1ccc(C)c(C(C(=O)NC2CCCCC2)N(C(=O)C(CO)NC(=O)OC(C)(C)C)C(C)CCC(C)C)c1. The first kappa shape index (κ1) is 32.6. The number of carbonyl (C=O) groups is 3. The second-order valence-corrected chi connectivity index (χ2v) is 12.6. The summed E-state index contributed by atoms with van der Waals surface area (Å²) < 4.78 is 5.36. The molecule has 1 fully saturated rings. The van der Waals surface area contributed by atoms with E-state index < -0.39 is 36.3 Å². The highest BCUT2D eigenvalue weighted by Gasteiger charge is 2.40. The maximum atomic E-state index is 14.2. The number of aryl methyl sites for hydroxylation is 2. The molecule has 1 saturated carbocycles. The van der Waals surface area contributed by atoms with Crippen molar-refractivity contribution in [2.75, 3.05) is 6.61 Å². The first-order valence-electron chi connectivity index (χ1n) is 14.5. The van der Waals surface area contributed by atoms with E-state index in [1.54, 1.807) is 25.7 Å². The molecule has 1 aromatic carbocycles. The summed E-state index contributed by atoms with van der Waals surface area (Å²) in [4.78, 5) is 42.5. The Morgan fingerprint density at radius 2 is 1.69 bits per heavy atom. The van der Waals surface area contributed by atoms with Gasteiger partial charge in [-0.25, -0.2) is 4.79 Å². The van der Waals surface area contributed by atoms with E-state index in [4.69, 9.17) is 4.74 Å². The molecule has 0 heterocycles. The molecule has 0 bridgehead atoms. The molecule has 3 unspecified atom stereocenters. The molecule has 3 amide bonds. The lowest BCUT2D eigenvalue weighted by Crippen LogP contribution is -2.57. The molecule has 3 N–H and O–H groups in total. The summed E-state index contributed by atoms with van der Waals surface area (Å²) in [5.41, 5.74) is 1.87. The minimum Gasteiger partial charge on any atom is -0.444 e. The number of hydrogen-bond donors (Lipinski definition) is 3. The summed E-state index contributed by atoms with van der Waals surface area (Å²) in [5, 5.41) is 16.0. The fourth-order valence-electron chi connectivity index (χ4n) is 5.13. The Labute approximate surface area is 235 Å². The Bertz CT molecular complexity index is 965. The van der Waals surface area contributed by atoms with Crippen LogP contribution in [0.2, 0.25) is 0 Å². The van der Waals surface area contributed by atoms with Crippen LogP contribution in [0.15, 0.2) is 18.2 Å². The van der Waals surface area contributed by atoms with Gasteiger partial charge in [0.15, 0.2) is 0 Å². The number of aliphatic hydroxyl groups excluding tert-OH is 1. The fraction of sp³-hybridized carbons (Fsp3) is 0.710. The van der Waals surface area contributed by atoms with Crippen LogP contribution in [0.25, 0.3) is 0 Å². The number of benzene rings is 1. The molecule has 39 heavy (non-hydrogen) atoms. The normalized spacial score (nSPS) is 16.8. The van der Waals surface area contributed by atoms with Crippen LogP contribution >= 0.6 is 0 Å². The molecule has 0 spiro atoms. The zero-order chi connectivity index (χ0) is 29.3. The molecule has 3 atom stereocenters. The predicted octanol–water partition coefficient (Wildman–Crippen LogP) is 5.33. The van der Waals surface area contributed by atoms with Crippen molar-refractivity contribution in [2.24, 2.45) is 5.92 Å². The average molecular weight is 546 g/mol. The largest absolute Gasteiger partial charge is 0.444 e. The van der Waals surface area contributed by atoms with Crippen LogP contribution in [0.5, 0.6) is 0 Å². The molecule has 1 aromatic rings. The van der Waals surface area contributed by atoms with E-state index in [-0.39, 0.29) is 18.0 Å². The molecule has 0 radical (unpaired) electrons. The number of amides is 3. The third-order valence-electron chi connectivity index (χ3n) is 7.27. The van der Waals surface area contributed by atoms with E-state index in [0.717, 1.165) is 55.2 Å². The number of rotatable bonds is 11. The van der Waals surface area contributed by atoms with E-state index in [9.17, 15) is 19.5 Å². The minimum atomic E-state index is -1.25. The summed E-state index contributed by atoms with van der Waals surface area (Å²) in [6.45, 7) is 14.7. The van der Waals surface area contributed by atoms with Crippen molar-refractivity contribution in [2.45, 2.75) is 130 Å². The molecule has 220 valence electrons. The zero-order valence-corrected chi connectivity index (χ0v) is 25.3. The Morgan fingerprint density at radius 1 is 1.05 bits per heavy atom. The number of nitrogens with one attached hydrogen (secondary N) is 2. The monoisotopic (exact) mass is 545 g/mol. The molecule has 1 aliphatic rings. The Balaban J connectivity index is 2.55. The maximum absolute atomic E-state index is 14.2. The van der Waals surface area contributed by atoms with E-state index in [2.05, 4.69) is 24.5 Å². The quantitative estimate of drug-likeness (QED) is 0.348. The van der Waals surface area contributed by atoms with Gasteiger partial charge >= 0.3 is 6.09 Å². The van der Waals surface area contributed by atoms with Gasteiger partial charge in [-0.05, 0) is 84.3 Å². The van der Waals surface area contributed by atoms with Crippen LogP contribution in [-0.2, 0) is 14.3 Å². The highest BCUT2D eigenvalue weighted by atomic mass is 16.6. The zero-order valence-electron chi connectivity index (χ0n) is 25.3. The van der Waals surface area contributed by atoms with Gasteiger partial charge in [-0.1, -0.05) is 56.9 Å². The van der Waals surface area contributed by atoms with Crippen LogP contribution in [0.3, 0.4) is 0 Å². The van der Waals surface area contributed by atoms with E-state index in [1.807, 2.05) is 39.0 Å². The van der Waals surface area contributed by atoms with E-state index >= 15 is 0 Å². The van der Waals surface area contributed by atoms with Gasteiger partial charge in [-0.15, -0.1) is 0 Å².